The first kappa shape index (κ1) is 16.5. The molecule has 0 saturated heterocycles. The zero-order chi connectivity index (χ0) is 15.4. The van der Waals surface area contributed by atoms with Gasteiger partial charge in [-0.2, -0.15) is 0 Å². The van der Waals surface area contributed by atoms with E-state index in [1.807, 2.05) is 6.92 Å². The molecular weight excluding hydrogens is 328 g/mol. The van der Waals surface area contributed by atoms with E-state index in [0.717, 1.165) is 22.9 Å². The van der Waals surface area contributed by atoms with Crippen molar-refractivity contribution in [1.29, 1.82) is 0 Å². The van der Waals surface area contributed by atoms with Gasteiger partial charge in [0.25, 0.3) is 0 Å². The molecule has 21 heavy (non-hydrogen) atoms. The summed E-state index contributed by atoms with van der Waals surface area (Å²) in [5.41, 5.74) is 2.47. The van der Waals surface area contributed by atoms with Crippen molar-refractivity contribution >= 4 is 21.9 Å². The Balaban J connectivity index is 2.23. The fourth-order valence-electron chi connectivity index (χ4n) is 3.59. The summed E-state index contributed by atoms with van der Waals surface area (Å²) in [6.45, 7) is 6.85. The van der Waals surface area contributed by atoms with Crippen molar-refractivity contribution in [1.82, 2.24) is 0 Å². The van der Waals surface area contributed by atoms with Gasteiger partial charge in [-0.15, -0.1) is 0 Å². The van der Waals surface area contributed by atoms with Crippen LogP contribution in [0.4, 0.5) is 0 Å². The van der Waals surface area contributed by atoms with Gasteiger partial charge in [-0.05, 0) is 54.9 Å². The van der Waals surface area contributed by atoms with Crippen molar-refractivity contribution in [3.63, 3.8) is 0 Å². The predicted molar refractivity (Wildman–Crippen MR) is 89.4 cm³/mol. The van der Waals surface area contributed by atoms with Crippen molar-refractivity contribution in [3.05, 3.63) is 33.8 Å². The molecule has 1 aliphatic carbocycles. The lowest BCUT2D eigenvalue weighted by Crippen LogP contribution is -2.22. The van der Waals surface area contributed by atoms with E-state index in [9.17, 15) is 4.79 Å². The minimum Gasteiger partial charge on any atom is -0.466 e. The summed E-state index contributed by atoms with van der Waals surface area (Å²) in [5.74, 6) is 0.907. The molecule has 1 aliphatic rings. The van der Waals surface area contributed by atoms with E-state index in [-0.39, 0.29) is 11.9 Å². The van der Waals surface area contributed by atoms with Crippen LogP contribution >= 0.6 is 15.9 Å². The molecule has 116 valence electrons. The molecule has 0 aromatic heterocycles. The second-order valence-corrected chi connectivity index (χ2v) is 7.08. The van der Waals surface area contributed by atoms with Crippen LogP contribution in [0, 0.1) is 11.8 Å². The minimum absolute atomic E-state index is 0.0527. The van der Waals surface area contributed by atoms with Crippen LogP contribution < -0.4 is 0 Å². The second-order valence-electron chi connectivity index (χ2n) is 6.17. The first-order chi connectivity index (χ1) is 10.1. The van der Waals surface area contributed by atoms with Crippen LogP contribution in [0.1, 0.15) is 57.1 Å². The molecule has 0 radical (unpaired) electrons. The Morgan fingerprint density at radius 2 is 2.19 bits per heavy atom. The van der Waals surface area contributed by atoms with E-state index in [4.69, 9.17) is 4.74 Å². The number of hydrogen-bond acceptors (Lipinski definition) is 2. The van der Waals surface area contributed by atoms with Gasteiger partial charge in [0.15, 0.2) is 0 Å². The third-order valence-corrected chi connectivity index (χ3v) is 4.92. The molecule has 3 heteroatoms. The van der Waals surface area contributed by atoms with Crippen LogP contribution in [-0.2, 0) is 16.0 Å². The molecule has 1 aromatic carbocycles. The van der Waals surface area contributed by atoms with Gasteiger partial charge in [-0.1, -0.05) is 48.7 Å². The van der Waals surface area contributed by atoms with Gasteiger partial charge in [-0.3, -0.25) is 4.79 Å². The van der Waals surface area contributed by atoms with E-state index in [1.165, 1.54) is 18.4 Å². The van der Waals surface area contributed by atoms with Gasteiger partial charge < -0.3 is 4.74 Å². The Morgan fingerprint density at radius 1 is 1.43 bits per heavy atom. The standard InChI is InChI=1S/C18H25BrO2/c1-4-6-12(3)9-14-10-13-7-8-15(19)11-16(13)17(14)18(20)21-5-2/h7-8,11-12,14,17H,4-6,9-10H2,1-3H3/t12?,14-,17-/m0/s1. The molecule has 1 aromatic rings. The Morgan fingerprint density at radius 3 is 2.86 bits per heavy atom. The van der Waals surface area contributed by atoms with Crippen LogP contribution in [0.2, 0.25) is 0 Å². The van der Waals surface area contributed by atoms with Crippen LogP contribution in [0.3, 0.4) is 0 Å². The molecule has 2 rings (SSSR count). The van der Waals surface area contributed by atoms with E-state index >= 15 is 0 Å². The Labute approximate surface area is 136 Å². The van der Waals surface area contributed by atoms with E-state index in [2.05, 4.69) is 48.0 Å². The smallest absolute Gasteiger partial charge is 0.313 e. The summed E-state index contributed by atoms with van der Waals surface area (Å²) in [7, 11) is 0. The second kappa shape index (κ2) is 7.44. The van der Waals surface area contributed by atoms with Crippen LogP contribution in [0.25, 0.3) is 0 Å². The number of carbonyl (C=O) groups is 1. The quantitative estimate of drug-likeness (QED) is 0.666. The van der Waals surface area contributed by atoms with Gasteiger partial charge in [0.1, 0.15) is 0 Å². The molecule has 0 heterocycles. The fourth-order valence-corrected chi connectivity index (χ4v) is 3.97. The molecule has 0 N–H and O–H groups in total. The summed E-state index contributed by atoms with van der Waals surface area (Å²) < 4.78 is 6.38. The molecule has 0 amide bonds. The Kier molecular flexibility index (Phi) is 5.86. The highest BCUT2D eigenvalue weighted by atomic mass is 79.9. The average Bonchev–Trinajstić information content (AvgIpc) is 2.76. The number of ether oxygens (including phenoxy) is 1. The van der Waals surface area contributed by atoms with E-state index in [0.29, 0.717) is 18.4 Å². The number of carbonyl (C=O) groups excluding carboxylic acids is 1. The number of hydrogen-bond donors (Lipinski definition) is 0. The largest absolute Gasteiger partial charge is 0.466 e. The normalized spacial score (nSPS) is 21.9. The monoisotopic (exact) mass is 352 g/mol. The highest BCUT2D eigenvalue weighted by molar-refractivity contribution is 9.10. The number of halogens is 1. The maximum Gasteiger partial charge on any atom is 0.313 e. The average molecular weight is 353 g/mol. The number of rotatable bonds is 6. The minimum atomic E-state index is -0.0863. The van der Waals surface area contributed by atoms with Crippen LogP contribution in [-0.4, -0.2) is 12.6 Å². The van der Waals surface area contributed by atoms with Crippen molar-refractivity contribution in [2.75, 3.05) is 6.61 Å². The summed E-state index contributed by atoms with van der Waals surface area (Å²) in [6, 6.07) is 6.32. The maximum absolute atomic E-state index is 12.4. The highest BCUT2D eigenvalue weighted by Gasteiger charge is 2.38. The molecule has 0 aliphatic heterocycles. The van der Waals surface area contributed by atoms with Crippen molar-refractivity contribution in [2.45, 2.75) is 52.4 Å². The van der Waals surface area contributed by atoms with Crippen LogP contribution in [0.5, 0.6) is 0 Å². The molecule has 2 nitrogen and oxygen atoms in total. The molecule has 1 unspecified atom stereocenters. The lowest BCUT2D eigenvalue weighted by molar-refractivity contribution is -0.146. The molecular formula is C18H25BrO2. The summed E-state index contributed by atoms with van der Waals surface area (Å²) in [5, 5.41) is 0. The van der Waals surface area contributed by atoms with Gasteiger partial charge in [0, 0.05) is 4.47 Å². The SMILES string of the molecule is CCCC(C)C[C@H]1Cc2ccc(Br)cc2[C@H]1C(=O)OCC. The summed E-state index contributed by atoms with van der Waals surface area (Å²) in [4.78, 5) is 12.4. The van der Waals surface area contributed by atoms with Gasteiger partial charge in [-0.25, -0.2) is 0 Å². The van der Waals surface area contributed by atoms with Crippen molar-refractivity contribution in [3.8, 4) is 0 Å². The zero-order valence-electron chi connectivity index (χ0n) is 13.2. The van der Waals surface area contributed by atoms with Gasteiger partial charge in [0.05, 0.1) is 12.5 Å². The number of benzene rings is 1. The first-order valence-corrected chi connectivity index (χ1v) is 8.81. The number of esters is 1. The fraction of sp³-hybridized carbons (Fsp3) is 0.611. The summed E-state index contributed by atoms with van der Waals surface area (Å²) in [6.07, 6.45) is 4.53. The van der Waals surface area contributed by atoms with Crippen molar-refractivity contribution in [2.24, 2.45) is 11.8 Å². The molecule has 0 spiro atoms. The molecule has 3 atom stereocenters. The Bertz CT molecular complexity index is 498. The van der Waals surface area contributed by atoms with Gasteiger partial charge in [0.2, 0.25) is 0 Å². The molecule has 0 bridgehead atoms. The Hall–Kier alpha value is -0.830. The molecule has 0 fully saturated rings. The third kappa shape index (κ3) is 3.88. The van der Waals surface area contributed by atoms with Crippen LogP contribution in [0.15, 0.2) is 22.7 Å². The summed E-state index contributed by atoms with van der Waals surface area (Å²) >= 11 is 3.52. The van der Waals surface area contributed by atoms with E-state index in [1.54, 1.807) is 0 Å². The zero-order valence-corrected chi connectivity index (χ0v) is 14.8. The molecule has 0 saturated carbocycles. The predicted octanol–water partition coefficient (Wildman–Crippen LogP) is 5.09. The van der Waals surface area contributed by atoms with E-state index < -0.39 is 0 Å². The number of fused-ring (bicyclic) bond motifs is 1. The lowest BCUT2D eigenvalue weighted by atomic mass is 9.84. The lowest BCUT2D eigenvalue weighted by Gasteiger charge is -2.22. The highest BCUT2D eigenvalue weighted by Crippen LogP contribution is 2.43. The third-order valence-electron chi connectivity index (χ3n) is 4.42. The van der Waals surface area contributed by atoms with Gasteiger partial charge >= 0.3 is 5.97 Å². The maximum atomic E-state index is 12.4. The first-order valence-electron chi connectivity index (χ1n) is 8.01. The topological polar surface area (TPSA) is 26.3 Å². The van der Waals surface area contributed by atoms with Crippen molar-refractivity contribution < 1.29 is 9.53 Å².